The number of benzene rings is 1. The Morgan fingerprint density at radius 3 is 3.04 bits per heavy atom. The maximum absolute atomic E-state index is 5.96. The Bertz CT molecular complexity index is 842. The Balaban J connectivity index is 1.46. The van der Waals surface area contributed by atoms with Crippen LogP contribution in [0.1, 0.15) is 24.2 Å². The number of hydrogen-bond acceptors (Lipinski definition) is 4. The average molecular weight is 336 g/mol. The third-order valence-electron chi connectivity index (χ3n) is 5.09. The minimum absolute atomic E-state index is 0.0623. The molecule has 3 aromatic rings. The molecular formula is C20H24N4O. The highest BCUT2D eigenvalue weighted by molar-refractivity contribution is 5.83. The second-order valence-corrected chi connectivity index (χ2v) is 6.78. The highest BCUT2D eigenvalue weighted by Crippen LogP contribution is 2.25. The molecule has 5 heteroatoms. The van der Waals surface area contributed by atoms with Crippen LogP contribution in [0, 0.1) is 0 Å². The van der Waals surface area contributed by atoms with Crippen molar-refractivity contribution in [2.24, 2.45) is 0 Å². The molecule has 3 N–H and O–H groups in total. The van der Waals surface area contributed by atoms with Crippen LogP contribution in [-0.2, 0) is 11.2 Å². The lowest BCUT2D eigenvalue weighted by Crippen LogP contribution is -2.44. The standard InChI is InChI=1S/C20H24N4O/c1-14(10-16-12-22-18-5-3-2-4-17(16)18)24-8-9-25-19(13-24)15-6-7-20(21)23-11-15/h2-7,11-12,14,19,22H,8-10,13H2,1H3,(H2,21,23). The van der Waals surface area contributed by atoms with Crippen molar-refractivity contribution >= 4 is 16.7 Å². The summed E-state index contributed by atoms with van der Waals surface area (Å²) >= 11 is 0. The van der Waals surface area contributed by atoms with Crippen molar-refractivity contribution in [2.75, 3.05) is 25.4 Å². The van der Waals surface area contributed by atoms with Crippen molar-refractivity contribution in [2.45, 2.75) is 25.5 Å². The van der Waals surface area contributed by atoms with Crippen LogP contribution in [0.25, 0.3) is 10.9 Å². The van der Waals surface area contributed by atoms with Gasteiger partial charge in [-0.3, -0.25) is 4.90 Å². The van der Waals surface area contributed by atoms with E-state index in [1.807, 2.05) is 18.3 Å². The Morgan fingerprint density at radius 2 is 2.20 bits per heavy atom. The Morgan fingerprint density at radius 1 is 1.32 bits per heavy atom. The molecule has 0 amide bonds. The SMILES string of the molecule is CC(Cc1c[nH]c2ccccc12)N1CCOC(c2ccc(N)nc2)C1. The van der Waals surface area contributed by atoms with E-state index in [1.165, 1.54) is 16.5 Å². The fourth-order valence-corrected chi connectivity index (χ4v) is 3.63. The van der Waals surface area contributed by atoms with Crippen molar-refractivity contribution in [1.82, 2.24) is 14.9 Å². The number of H-pyrrole nitrogens is 1. The maximum Gasteiger partial charge on any atom is 0.123 e. The molecular weight excluding hydrogens is 312 g/mol. The van der Waals surface area contributed by atoms with E-state index in [1.54, 1.807) is 0 Å². The second-order valence-electron chi connectivity index (χ2n) is 6.78. The summed E-state index contributed by atoms with van der Waals surface area (Å²) in [5.41, 5.74) is 9.36. The fraction of sp³-hybridized carbons (Fsp3) is 0.350. The number of rotatable bonds is 4. The van der Waals surface area contributed by atoms with Gasteiger partial charge in [-0.05, 0) is 31.0 Å². The van der Waals surface area contributed by atoms with E-state index < -0.39 is 0 Å². The molecule has 2 aromatic heterocycles. The number of nitrogens with zero attached hydrogens (tertiary/aromatic N) is 2. The van der Waals surface area contributed by atoms with Crippen molar-refractivity contribution in [3.63, 3.8) is 0 Å². The minimum atomic E-state index is 0.0623. The molecule has 25 heavy (non-hydrogen) atoms. The number of aromatic amines is 1. The number of para-hydroxylation sites is 1. The van der Waals surface area contributed by atoms with Crippen molar-refractivity contribution in [1.29, 1.82) is 0 Å². The zero-order valence-electron chi connectivity index (χ0n) is 14.5. The van der Waals surface area contributed by atoms with Crippen LogP contribution >= 0.6 is 0 Å². The molecule has 3 heterocycles. The number of fused-ring (bicyclic) bond motifs is 1. The van der Waals surface area contributed by atoms with Crippen molar-refractivity contribution in [3.05, 3.63) is 59.9 Å². The monoisotopic (exact) mass is 336 g/mol. The van der Waals surface area contributed by atoms with Crippen molar-refractivity contribution in [3.8, 4) is 0 Å². The van der Waals surface area contributed by atoms with Gasteiger partial charge in [-0.15, -0.1) is 0 Å². The van der Waals surface area contributed by atoms with E-state index in [-0.39, 0.29) is 6.10 Å². The Labute approximate surface area is 147 Å². The molecule has 1 fully saturated rings. The number of nitrogens with one attached hydrogen (secondary N) is 1. The van der Waals surface area contributed by atoms with Crippen LogP contribution in [0.3, 0.4) is 0 Å². The molecule has 1 aromatic carbocycles. The number of morpholine rings is 1. The van der Waals surface area contributed by atoms with E-state index in [2.05, 4.69) is 52.3 Å². The molecule has 0 radical (unpaired) electrons. The number of aromatic nitrogens is 2. The minimum Gasteiger partial charge on any atom is -0.384 e. The van der Waals surface area contributed by atoms with Crippen molar-refractivity contribution < 1.29 is 4.74 Å². The Kier molecular flexibility index (Phi) is 4.42. The quantitative estimate of drug-likeness (QED) is 0.768. The molecule has 1 aliphatic heterocycles. The number of hydrogen-bond donors (Lipinski definition) is 2. The topological polar surface area (TPSA) is 67.2 Å². The molecule has 2 atom stereocenters. The van der Waals surface area contributed by atoms with E-state index in [4.69, 9.17) is 10.5 Å². The lowest BCUT2D eigenvalue weighted by atomic mass is 10.0. The fourth-order valence-electron chi connectivity index (χ4n) is 3.63. The highest BCUT2D eigenvalue weighted by Gasteiger charge is 2.26. The normalized spacial score (nSPS) is 20.0. The summed E-state index contributed by atoms with van der Waals surface area (Å²) in [5, 5.41) is 1.32. The number of pyridine rings is 1. The smallest absolute Gasteiger partial charge is 0.123 e. The molecule has 1 saturated heterocycles. The molecule has 4 rings (SSSR count). The molecule has 0 aliphatic carbocycles. The first-order valence-electron chi connectivity index (χ1n) is 8.83. The number of nitrogens with two attached hydrogens (primary N) is 1. The Hall–Kier alpha value is -2.37. The second kappa shape index (κ2) is 6.86. The van der Waals surface area contributed by atoms with Gasteiger partial charge in [0.25, 0.3) is 0 Å². The van der Waals surface area contributed by atoms with Gasteiger partial charge >= 0.3 is 0 Å². The number of ether oxygens (including phenoxy) is 1. The largest absolute Gasteiger partial charge is 0.384 e. The molecule has 0 spiro atoms. The summed E-state index contributed by atoms with van der Waals surface area (Å²) in [6.45, 7) is 4.89. The number of anilines is 1. The first-order valence-corrected chi connectivity index (χ1v) is 8.83. The summed E-state index contributed by atoms with van der Waals surface area (Å²) in [5.74, 6) is 0.545. The van der Waals surface area contributed by atoms with Crippen LogP contribution in [0.2, 0.25) is 0 Å². The number of nitrogen functional groups attached to an aromatic ring is 1. The van der Waals surface area contributed by atoms with Gasteiger partial charge in [0, 0.05) is 48.0 Å². The molecule has 5 nitrogen and oxygen atoms in total. The summed E-state index contributed by atoms with van der Waals surface area (Å²) in [6, 6.07) is 12.8. The van der Waals surface area contributed by atoms with Gasteiger partial charge < -0.3 is 15.5 Å². The predicted octanol–water partition coefficient (Wildman–Crippen LogP) is 3.15. The maximum atomic E-state index is 5.96. The van der Waals surface area contributed by atoms with E-state index in [9.17, 15) is 0 Å². The van der Waals surface area contributed by atoms with Gasteiger partial charge in [-0.25, -0.2) is 4.98 Å². The van der Waals surface area contributed by atoms with Gasteiger partial charge in [0.1, 0.15) is 5.82 Å². The lowest BCUT2D eigenvalue weighted by Gasteiger charge is -2.37. The van der Waals surface area contributed by atoms with Crippen LogP contribution in [-0.4, -0.2) is 40.6 Å². The molecule has 2 unspecified atom stereocenters. The van der Waals surface area contributed by atoms with Crippen LogP contribution in [0.15, 0.2) is 48.8 Å². The molecule has 1 aliphatic rings. The summed E-state index contributed by atoms with van der Waals surface area (Å²) in [4.78, 5) is 10.1. The van der Waals surface area contributed by atoms with E-state index >= 15 is 0 Å². The first kappa shape index (κ1) is 16.1. The van der Waals surface area contributed by atoms with E-state index in [0.29, 0.717) is 11.9 Å². The third kappa shape index (κ3) is 3.38. The summed E-state index contributed by atoms with van der Waals surface area (Å²) in [6.07, 6.45) is 5.06. The zero-order chi connectivity index (χ0) is 17.2. The van der Waals surface area contributed by atoms with Gasteiger partial charge in [-0.2, -0.15) is 0 Å². The van der Waals surface area contributed by atoms with Crippen LogP contribution in [0.5, 0.6) is 0 Å². The summed E-state index contributed by atoms with van der Waals surface area (Å²) in [7, 11) is 0. The van der Waals surface area contributed by atoms with Crippen LogP contribution < -0.4 is 5.73 Å². The third-order valence-corrected chi connectivity index (χ3v) is 5.09. The van der Waals surface area contributed by atoms with E-state index in [0.717, 1.165) is 31.7 Å². The highest BCUT2D eigenvalue weighted by atomic mass is 16.5. The first-order chi connectivity index (χ1) is 12.2. The van der Waals surface area contributed by atoms with Gasteiger partial charge in [-0.1, -0.05) is 24.3 Å². The summed E-state index contributed by atoms with van der Waals surface area (Å²) < 4.78 is 5.96. The zero-order valence-corrected chi connectivity index (χ0v) is 14.5. The molecule has 0 bridgehead atoms. The van der Waals surface area contributed by atoms with Crippen LogP contribution in [0.4, 0.5) is 5.82 Å². The van der Waals surface area contributed by atoms with Gasteiger partial charge in [0.05, 0.1) is 12.7 Å². The molecule has 130 valence electrons. The molecule has 0 saturated carbocycles. The van der Waals surface area contributed by atoms with Gasteiger partial charge in [0.15, 0.2) is 0 Å². The van der Waals surface area contributed by atoms with Gasteiger partial charge in [0.2, 0.25) is 0 Å². The lowest BCUT2D eigenvalue weighted by molar-refractivity contribution is -0.0425. The average Bonchev–Trinajstić information content (AvgIpc) is 3.05. The predicted molar refractivity (Wildman–Crippen MR) is 100 cm³/mol.